The summed E-state index contributed by atoms with van der Waals surface area (Å²) in [7, 11) is 2.02. The highest BCUT2D eigenvalue weighted by Crippen LogP contribution is 2.20. The van der Waals surface area contributed by atoms with Crippen molar-refractivity contribution in [1.82, 2.24) is 10.2 Å². The van der Waals surface area contributed by atoms with Crippen LogP contribution in [0.15, 0.2) is 0 Å². The van der Waals surface area contributed by atoms with Gasteiger partial charge in [0.05, 0.1) is 0 Å². The van der Waals surface area contributed by atoms with E-state index in [4.69, 9.17) is 0 Å². The third-order valence-electron chi connectivity index (χ3n) is 2.62. The largest absolute Gasteiger partial charge is 0.318 e. The van der Waals surface area contributed by atoms with E-state index in [-0.39, 0.29) is 0 Å². The molecule has 0 saturated carbocycles. The number of hydrogen-bond acceptors (Lipinski definition) is 2. The molecule has 0 aromatic rings. The first-order chi connectivity index (χ1) is 5.72. The molecule has 1 N–H and O–H groups in total. The van der Waals surface area contributed by atoms with Crippen LogP contribution in [0.3, 0.4) is 0 Å². The van der Waals surface area contributed by atoms with Gasteiger partial charge in [-0.25, -0.2) is 0 Å². The Morgan fingerprint density at radius 1 is 1.25 bits per heavy atom. The maximum Gasteiger partial charge on any atom is 0.0107 e. The molecule has 2 atom stereocenters. The first-order valence-corrected chi connectivity index (χ1v) is 5.09. The summed E-state index contributed by atoms with van der Waals surface area (Å²) in [5.74, 6) is 1.79. The molecule has 0 amide bonds. The van der Waals surface area contributed by atoms with Crippen molar-refractivity contribution in [3.8, 4) is 0 Å². The van der Waals surface area contributed by atoms with Crippen LogP contribution in [0.1, 0.15) is 20.3 Å². The monoisotopic (exact) mass is 170 g/mol. The molecular weight excluding hydrogens is 148 g/mol. The SMILES string of the molecule is CNCCN1CC(C)CC(C)C1. The van der Waals surface area contributed by atoms with Crippen LogP contribution in [0, 0.1) is 11.8 Å². The third-order valence-corrected chi connectivity index (χ3v) is 2.62. The van der Waals surface area contributed by atoms with E-state index in [1.54, 1.807) is 0 Å². The topological polar surface area (TPSA) is 15.3 Å². The molecule has 2 nitrogen and oxygen atoms in total. The van der Waals surface area contributed by atoms with Crippen LogP contribution in [0.25, 0.3) is 0 Å². The average molecular weight is 170 g/mol. The normalized spacial score (nSPS) is 32.2. The number of nitrogens with zero attached hydrogens (tertiary/aromatic N) is 1. The van der Waals surface area contributed by atoms with Crippen molar-refractivity contribution < 1.29 is 0 Å². The van der Waals surface area contributed by atoms with E-state index in [9.17, 15) is 0 Å². The molecule has 0 aliphatic carbocycles. The number of piperidine rings is 1. The quantitative estimate of drug-likeness (QED) is 0.684. The Kier molecular flexibility index (Phi) is 4.02. The molecule has 0 spiro atoms. The van der Waals surface area contributed by atoms with Gasteiger partial charge in [-0.2, -0.15) is 0 Å². The number of nitrogens with one attached hydrogen (secondary N) is 1. The maximum atomic E-state index is 3.20. The van der Waals surface area contributed by atoms with Crippen molar-refractivity contribution in [3.05, 3.63) is 0 Å². The molecule has 1 aliphatic rings. The molecular formula is C10H22N2. The van der Waals surface area contributed by atoms with E-state index in [1.165, 1.54) is 26.1 Å². The zero-order chi connectivity index (χ0) is 8.97. The smallest absolute Gasteiger partial charge is 0.0107 e. The molecule has 2 heteroatoms. The minimum Gasteiger partial charge on any atom is -0.318 e. The lowest BCUT2D eigenvalue weighted by Gasteiger charge is -2.34. The van der Waals surface area contributed by atoms with E-state index >= 15 is 0 Å². The van der Waals surface area contributed by atoms with Gasteiger partial charge >= 0.3 is 0 Å². The van der Waals surface area contributed by atoms with Gasteiger partial charge in [0.2, 0.25) is 0 Å². The van der Waals surface area contributed by atoms with E-state index < -0.39 is 0 Å². The number of likely N-dealkylation sites (N-methyl/N-ethyl adjacent to an activating group) is 1. The zero-order valence-electron chi connectivity index (χ0n) is 8.64. The average Bonchev–Trinajstić information content (AvgIpc) is 1.99. The third kappa shape index (κ3) is 3.11. The Balaban J connectivity index is 2.24. The summed E-state index contributed by atoms with van der Waals surface area (Å²) in [6, 6.07) is 0. The van der Waals surface area contributed by atoms with Crippen LogP contribution in [0.5, 0.6) is 0 Å². The van der Waals surface area contributed by atoms with Gasteiger partial charge in [0.25, 0.3) is 0 Å². The summed E-state index contributed by atoms with van der Waals surface area (Å²) in [5, 5.41) is 3.20. The highest BCUT2D eigenvalue weighted by atomic mass is 15.1. The van der Waals surface area contributed by atoms with E-state index in [0.29, 0.717) is 0 Å². The molecule has 0 bridgehead atoms. The Morgan fingerprint density at radius 3 is 2.33 bits per heavy atom. The molecule has 72 valence electrons. The first kappa shape index (κ1) is 10.0. The summed E-state index contributed by atoms with van der Waals surface area (Å²) >= 11 is 0. The molecule has 0 radical (unpaired) electrons. The number of rotatable bonds is 3. The van der Waals surface area contributed by atoms with Gasteiger partial charge in [0.15, 0.2) is 0 Å². The Labute approximate surface area is 76.3 Å². The molecule has 12 heavy (non-hydrogen) atoms. The second kappa shape index (κ2) is 4.83. The minimum absolute atomic E-state index is 0.894. The van der Waals surface area contributed by atoms with Crippen LogP contribution in [0.2, 0.25) is 0 Å². The lowest BCUT2D eigenvalue weighted by molar-refractivity contribution is 0.142. The molecule has 1 fully saturated rings. The van der Waals surface area contributed by atoms with Gasteiger partial charge in [0, 0.05) is 26.2 Å². The molecule has 1 rings (SSSR count). The van der Waals surface area contributed by atoms with Crippen LogP contribution in [-0.4, -0.2) is 38.1 Å². The van der Waals surface area contributed by atoms with Gasteiger partial charge in [-0.1, -0.05) is 13.8 Å². The Hall–Kier alpha value is -0.0800. The van der Waals surface area contributed by atoms with Crippen LogP contribution >= 0.6 is 0 Å². The summed E-state index contributed by atoms with van der Waals surface area (Å²) in [5.41, 5.74) is 0. The van der Waals surface area contributed by atoms with Crippen LogP contribution < -0.4 is 5.32 Å². The zero-order valence-corrected chi connectivity index (χ0v) is 8.64. The fraction of sp³-hybridized carbons (Fsp3) is 1.00. The lowest BCUT2D eigenvalue weighted by atomic mass is 9.92. The summed E-state index contributed by atoms with van der Waals surface area (Å²) in [6.45, 7) is 9.66. The number of likely N-dealkylation sites (tertiary alicyclic amines) is 1. The van der Waals surface area contributed by atoms with E-state index in [2.05, 4.69) is 24.1 Å². The Morgan fingerprint density at radius 2 is 1.83 bits per heavy atom. The Bertz CT molecular complexity index is 115. The predicted molar refractivity (Wildman–Crippen MR) is 53.3 cm³/mol. The molecule has 1 heterocycles. The van der Waals surface area contributed by atoms with Gasteiger partial charge in [0.1, 0.15) is 0 Å². The van der Waals surface area contributed by atoms with Gasteiger partial charge in [-0.3, -0.25) is 0 Å². The van der Waals surface area contributed by atoms with Gasteiger partial charge < -0.3 is 10.2 Å². The van der Waals surface area contributed by atoms with Gasteiger partial charge in [-0.15, -0.1) is 0 Å². The standard InChI is InChI=1S/C10H22N2/c1-9-6-10(2)8-12(7-9)5-4-11-3/h9-11H,4-8H2,1-3H3. The first-order valence-electron chi connectivity index (χ1n) is 5.09. The molecule has 2 unspecified atom stereocenters. The summed E-state index contributed by atoms with van der Waals surface area (Å²) < 4.78 is 0. The van der Waals surface area contributed by atoms with Crippen molar-refractivity contribution in [2.45, 2.75) is 20.3 Å². The fourth-order valence-corrected chi connectivity index (χ4v) is 2.24. The fourth-order valence-electron chi connectivity index (χ4n) is 2.24. The summed E-state index contributed by atoms with van der Waals surface area (Å²) in [4.78, 5) is 2.58. The second-order valence-electron chi connectivity index (χ2n) is 4.31. The predicted octanol–water partition coefficient (Wildman–Crippen LogP) is 1.18. The van der Waals surface area contributed by atoms with Crippen molar-refractivity contribution in [2.24, 2.45) is 11.8 Å². The second-order valence-corrected chi connectivity index (χ2v) is 4.31. The molecule has 0 aromatic heterocycles. The van der Waals surface area contributed by atoms with Crippen molar-refractivity contribution in [2.75, 3.05) is 33.2 Å². The minimum atomic E-state index is 0.894. The van der Waals surface area contributed by atoms with E-state index in [1.807, 2.05) is 7.05 Å². The van der Waals surface area contributed by atoms with E-state index in [0.717, 1.165) is 18.4 Å². The molecule has 1 aliphatic heterocycles. The summed E-state index contributed by atoms with van der Waals surface area (Å²) in [6.07, 6.45) is 1.41. The van der Waals surface area contributed by atoms with Crippen molar-refractivity contribution in [1.29, 1.82) is 0 Å². The van der Waals surface area contributed by atoms with Crippen molar-refractivity contribution in [3.63, 3.8) is 0 Å². The number of hydrogen-bond donors (Lipinski definition) is 1. The molecule has 0 aromatic carbocycles. The van der Waals surface area contributed by atoms with Crippen molar-refractivity contribution >= 4 is 0 Å². The highest BCUT2D eigenvalue weighted by Gasteiger charge is 2.20. The highest BCUT2D eigenvalue weighted by molar-refractivity contribution is 4.74. The maximum absolute atomic E-state index is 3.20. The van der Waals surface area contributed by atoms with Gasteiger partial charge in [-0.05, 0) is 25.3 Å². The van der Waals surface area contributed by atoms with Crippen LogP contribution in [-0.2, 0) is 0 Å². The molecule has 1 saturated heterocycles. The lowest BCUT2D eigenvalue weighted by Crippen LogP contribution is -2.41. The van der Waals surface area contributed by atoms with Crippen LogP contribution in [0.4, 0.5) is 0 Å².